The van der Waals surface area contributed by atoms with E-state index in [1.807, 2.05) is 25.3 Å². The van der Waals surface area contributed by atoms with Gasteiger partial charge in [-0.3, -0.25) is 9.59 Å². The molecule has 1 unspecified atom stereocenters. The summed E-state index contributed by atoms with van der Waals surface area (Å²) in [6.45, 7) is 4.45. The molecule has 1 atom stereocenters. The van der Waals surface area contributed by atoms with E-state index in [-0.39, 0.29) is 17.9 Å². The summed E-state index contributed by atoms with van der Waals surface area (Å²) >= 11 is 1.40. The zero-order valence-electron chi connectivity index (χ0n) is 11.1. The van der Waals surface area contributed by atoms with Crippen LogP contribution in [0.4, 0.5) is 0 Å². The molecular formula is C13H20N2O2S. The highest BCUT2D eigenvalue weighted by Gasteiger charge is 2.14. The van der Waals surface area contributed by atoms with E-state index in [1.54, 1.807) is 18.0 Å². The van der Waals surface area contributed by atoms with Crippen LogP contribution in [-0.2, 0) is 4.79 Å². The first kappa shape index (κ1) is 14.7. The maximum Gasteiger partial charge on any atom is 0.261 e. The van der Waals surface area contributed by atoms with Crippen molar-refractivity contribution in [3.05, 3.63) is 22.4 Å². The minimum absolute atomic E-state index is 0.0656. The summed E-state index contributed by atoms with van der Waals surface area (Å²) in [4.78, 5) is 25.8. The number of thiophene rings is 1. The smallest absolute Gasteiger partial charge is 0.261 e. The molecule has 0 aliphatic rings. The van der Waals surface area contributed by atoms with Gasteiger partial charge in [-0.05, 0) is 24.8 Å². The van der Waals surface area contributed by atoms with Crippen molar-refractivity contribution < 1.29 is 9.59 Å². The molecule has 1 aromatic heterocycles. The number of carbonyl (C=O) groups is 2. The quantitative estimate of drug-likeness (QED) is 0.859. The van der Waals surface area contributed by atoms with Gasteiger partial charge in [-0.15, -0.1) is 11.3 Å². The Hall–Kier alpha value is -1.36. The van der Waals surface area contributed by atoms with Gasteiger partial charge >= 0.3 is 0 Å². The van der Waals surface area contributed by atoms with Gasteiger partial charge in [0.1, 0.15) is 0 Å². The van der Waals surface area contributed by atoms with Crippen LogP contribution >= 0.6 is 11.3 Å². The Morgan fingerprint density at radius 2 is 2.22 bits per heavy atom. The van der Waals surface area contributed by atoms with Crippen molar-refractivity contribution in [2.45, 2.75) is 32.7 Å². The third kappa shape index (κ3) is 4.14. The van der Waals surface area contributed by atoms with Crippen LogP contribution in [0.5, 0.6) is 0 Å². The molecule has 1 heterocycles. The van der Waals surface area contributed by atoms with Gasteiger partial charge < -0.3 is 10.2 Å². The van der Waals surface area contributed by atoms with E-state index in [2.05, 4.69) is 5.32 Å². The van der Waals surface area contributed by atoms with Crippen molar-refractivity contribution in [3.63, 3.8) is 0 Å². The fraction of sp³-hybridized carbons (Fsp3) is 0.538. The van der Waals surface area contributed by atoms with Gasteiger partial charge in [0.15, 0.2) is 0 Å². The first-order chi connectivity index (χ1) is 8.56. The van der Waals surface area contributed by atoms with Crippen LogP contribution in [0.25, 0.3) is 0 Å². The van der Waals surface area contributed by atoms with Crippen molar-refractivity contribution in [1.29, 1.82) is 0 Å². The van der Waals surface area contributed by atoms with Crippen molar-refractivity contribution >= 4 is 23.2 Å². The number of hydrogen-bond donors (Lipinski definition) is 1. The van der Waals surface area contributed by atoms with Gasteiger partial charge in [0.25, 0.3) is 5.91 Å². The summed E-state index contributed by atoms with van der Waals surface area (Å²) < 4.78 is 0. The van der Waals surface area contributed by atoms with E-state index >= 15 is 0 Å². The topological polar surface area (TPSA) is 49.4 Å². The predicted octanol–water partition coefficient (Wildman–Crippen LogP) is 2.12. The molecule has 0 radical (unpaired) electrons. The average molecular weight is 268 g/mol. The number of amides is 2. The van der Waals surface area contributed by atoms with E-state index in [4.69, 9.17) is 0 Å². The van der Waals surface area contributed by atoms with Crippen LogP contribution in [0.3, 0.4) is 0 Å². The first-order valence-electron chi connectivity index (χ1n) is 6.13. The van der Waals surface area contributed by atoms with Crippen LogP contribution < -0.4 is 5.32 Å². The predicted molar refractivity (Wildman–Crippen MR) is 73.8 cm³/mol. The van der Waals surface area contributed by atoms with Gasteiger partial charge in [0.2, 0.25) is 5.91 Å². The van der Waals surface area contributed by atoms with Crippen molar-refractivity contribution in [2.24, 2.45) is 0 Å². The van der Waals surface area contributed by atoms with Gasteiger partial charge in [0, 0.05) is 26.1 Å². The molecule has 0 spiro atoms. The summed E-state index contributed by atoms with van der Waals surface area (Å²) in [5, 5.41) is 4.61. The minimum atomic E-state index is -0.107. The lowest BCUT2D eigenvalue weighted by molar-refractivity contribution is -0.131. The molecular weight excluding hydrogens is 248 g/mol. The number of rotatable bonds is 6. The molecule has 0 aliphatic heterocycles. The number of carbonyl (C=O) groups excluding carboxylic acids is 2. The standard InChI is InChI=1S/C13H20N2O2S/c1-4-10(2)15(3)12(16)7-8-14-13(17)11-6-5-9-18-11/h5-6,9-10H,4,7-8H2,1-3H3,(H,14,17). The highest BCUT2D eigenvalue weighted by Crippen LogP contribution is 2.07. The third-order valence-corrected chi connectivity index (χ3v) is 3.88. The second-order valence-electron chi connectivity index (χ2n) is 4.25. The van der Waals surface area contributed by atoms with E-state index < -0.39 is 0 Å². The van der Waals surface area contributed by atoms with Crippen molar-refractivity contribution in [3.8, 4) is 0 Å². The molecule has 0 bridgehead atoms. The molecule has 0 aromatic carbocycles. The first-order valence-corrected chi connectivity index (χ1v) is 7.01. The Bertz CT molecular complexity index is 390. The molecule has 5 heteroatoms. The van der Waals surface area contributed by atoms with Gasteiger partial charge in [-0.2, -0.15) is 0 Å². The molecule has 0 saturated carbocycles. The summed E-state index contributed by atoms with van der Waals surface area (Å²) in [7, 11) is 1.80. The zero-order valence-corrected chi connectivity index (χ0v) is 11.9. The Labute approximate surface area is 112 Å². The molecule has 1 aromatic rings. The third-order valence-electron chi connectivity index (χ3n) is 3.01. The molecule has 0 saturated heterocycles. The van der Waals surface area contributed by atoms with Crippen LogP contribution in [-0.4, -0.2) is 36.3 Å². The van der Waals surface area contributed by atoms with Crippen molar-refractivity contribution in [2.75, 3.05) is 13.6 Å². The van der Waals surface area contributed by atoms with Gasteiger partial charge in [-0.25, -0.2) is 0 Å². The second kappa shape index (κ2) is 7.16. The molecule has 18 heavy (non-hydrogen) atoms. The lowest BCUT2D eigenvalue weighted by Gasteiger charge is -2.23. The Kier molecular flexibility index (Phi) is 5.85. The SMILES string of the molecule is CCC(C)N(C)C(=O)CCNC(=O)c1cccs1. The molecule has 1 N–H and O–H groups in total. The summed E-state index contributed by atoms with van der Waals surface area (Å²) in [5.74, 6) is -0.0418. The molecule has 100 valence electrons. The molecule has 2 amide bonds. The zero-order chi connectivity index (χ0) is 13.5. The normalized spacial score (nSPS) is 11.9. The van der Waals surface area contributed by atoms with Crippen LogP contribution in [0, 0.1) is 0 Å². The lowest BCUT2D eigenvalue weighted by atomic mass is 10.2. The van der Waals surface area contributed by atoms with Gasteiger partial charge in [-0.1, -0.05) is 13.0 Å². The number of nitrogens with one attached hydrogen (secondary N) is 1. The monoisotopic (exact) mass is 268 g/mol. The highest BCUT2D eigenvalue weighted by molar-refractivity contribution is 7.12. The van der Waals surface area contributed by atoms with Crippen molar-refractivity contribution in [1.82, 2.24) is 10.2 Å². The largest absolute Gasteiger partial charge is 0.351 e. The van der Waals surface area contributed by atoms with E-state index in [0.29, 0.717) is 17.8 Å². The van der Waals surface area contributed by atoms with E-state index in [1.165, 1.54) is 11.3 Å². The minimum Gasteiger partial charge on any atom is -0.351 e. The number of nitrogens with zero attached hydrogens (tertiary/aromatic N) is 1. The summed E-state index contributed by atoms with van der Waals surface area (Å²) in [6, 6.07) is 3.85. The van der Waals surface area contributed by atoms with E-state index in [9.17, 15) is 9.59 Å². The summed E-state index contributed by atoms with van der Waals surface area (Å²) in [6.07, 6.45) is 1.28. The van der Waals surface area contributed by atoms with Crippen LogP contribution in [0.2, 0.25) is 0 Å². The second-order valence-corrected chi connectivity index (χ2v) is 5.19. The maximum absolute atomic E-state index is 11.8. The Morgan fingerprint density at radius 1 is 1.50 bits per heavy atom. The fourth-order valence-corrected chi connectivity index (χ4v) is 2.11. The van der Waals surface area contributed by atoms with Crippen LogP contribution in [0.15, 0.2) is 17.5 Å². The average Bonchev–Trinajstić information content (AvgIpc) is 2.90. The Morgan fingerprint density at radius 3 is 2.78 bits per heavy atom. The Balaban J connectivity index is 2.29. The summed E-state index contributed by atoms with van der Waals surface area (Å²) in [5.41, 5.74) is 0. The fourth-order valence-electron chi connectivity index (χ4n) is 1.47. The molecule has 4 nitrogen and oxygen atoms in total. The molecule has 1 rings (SSSR count). The maximum atomic E-state index is 11.8. The van der Waals surface area contributed by atoms with E-state index in [0.717, 1.165) is 6.42 Å². The van der Waals surface area contributed by atoms with Gasteiger partial charge in [0.05, 0.1) is 4.88 Å². The molecule has 0 aliphatic carbocycles. The lowest BCUT2D eigenvalue weighted by Crippen LogP contribution is -2.37. The highest BCUT2D eigenvalue weighted by atomic mass is 32.1. The molecule has 0 fully saturated rings. The van der Waals surface area contributed by atoms with Crippen LogP contribution in [0.1, 0.15) is 36.4 Å². The number of hydrogen-bond acceptors (Lipinski definition) is 3.